The summed E-state index contributed by atoms with van der Waals surface area (Å²) in [4.78, 5) is 37.1. The van der Waals surface area contributed by atoms with Gasteiger partial charge in [0.15, 0.2) is 0 Å². The zero-order valence-corrected chi connectivity index (χ0v) is 15.5. The molecule has 2 N–H and O–H groups in total. The van der Waals surface area contributed by atoms with Gasteiger partial charge in [0.2, 0.25) is 5.91 Å². The van der Waals surface area contributed by atoms with Crippen molar-refractivity contribution >= 4 is 23.8 Å². The van der Waals surface area contributed by atoms with E-state index in [4.69, 9.17) is 0 Å². The zero-order valence-electron chi connectivity index (χ0n) is 15.5. The predicted molar refractivity (Wildman–Crippen MR) is 101 cm³/mol. The first-order chi connectivity index (χ1) is 12.5. The molecule has 140 valence electrons. The largest absolute Gasteiger partial charge is 0.333 e. The molecule has 2 rings (SSSR count). The summed E-state index contributed by atoms with van der Waals surface area (Å²) in [6.07, 6.45) is 6.31. The molecule has 0 radical (unpaired) electrons. The van der Waals surface area contributed by atoms with Crippen molar-refractivity contribution in [3.8, 4) is 0 Å². The van der Waals surface area contributed by atoms with Gasteiger partial charge in [-0.05, 0) is 36.0 Å². The third-order valence-electron chi connectivity index (χ3n) is 4.36. The van der Waals surface area contributed by atoms with Crippen molar-refractivity contribution in [1.29, 1.82) is 0 Å². The summed E-state index contributed by atoms with van der Waals surface area (Å²) in [6.45, 7) is 4.81. The molecule has 0 spiro atoms. The van der Waals surface area contributed by atoms with E-state index in [9.17, 15) is 14.4 Å². The summed E-state index contributed by atoms with van der Waals surface area (Å²) in [5, 5.41) is 0. The average molecular weight is 357 g/mol. The van der Waals surface area contributed by atoms with Crippen molar-refractivity contribution < 1.29 is 14.4 Å². The molecule has 1 aliphatic rings. The van der Waals surface area contributed by atoms with Gasteiger partial charge in [0.05, 0.1) is 0 Å². The number of hydrogen-bond donors (Lipinski definition) is 2. The lowest BCUT2D eigenvalue weighted by atomic mass is 10.0. The molecule has 0 atom stereocenters. The summed E-state index contributed by atoms with van der Waals surface area (Å²) in [6, 6.07) is 7.95. The number of nitrogens with one attached hydrogen (secondary N) is 2. The van der Waals surface area contributed by atoms with Crippen LogP contribution in [0.3, 0.4) is 0 Å². The van der Waals surface area contributed by atoms with Crippen LogP contribution in [-0.2, 0) is 14.4 Å². The molecule has 6 nitrogen and oxygen atoms in total. The first-order valence-electron chi connectivity index (χ1n) is 9.10. The first kappa shape index (κ1) is 19.7. The quantitative estimate of drug-likeness (QED) is 0.627. The van der Waals surface area contributed by atoms with Gasteiger partial charge in [0.1, 0.15) is 6.54 Å². The topological polar surface area (TPSA) is 78.5 Å². The van der Waals surface area contributed by atoms with E-state index in [2.05, 4.69) is 24.7 Å². The van der Waals surface area contributed by atoms with Crippen LogP contribution in [0, 0.1) is 0 Å². The number of rotatable bonds is 5. The number of hydrogen-bond acceptors (Lipinski definition) is 3. The van der Waals surface area contributed by atoms with E-state index in [0.717, 1.165) is 24.8 Å². The van der Waals surface area contributed by atoms with E-state index in [1.54, 1.807) is 11.0 Å². The van der Waals surface area contributed by atoms with Crippen LogP contribution in [-0.4, -0.2) is 35.7 Å². The number of carbonyl (C=O) groups is 3. The van der Waals surface area contributed by atoms with Crippen molar-refractivity contribution in [1.82, 2.24) is 15.8 Å². The Balaban J connectivity index is 1.76. The van der Waals surface area contributed by atoms with E-state index < -0.39 is 11.8 Å². The van der Waals surface area contributed by atoms with Crippen LogP contribution in [0.5, 0.6) is 0 Å². The zero-order chi connectivity index (χ0) is 18.9. The highest BCUT2D eigenvalue weighted by Crippen LogP contribution is 2.15. The lowest BCUT2D eigenvalue weighted by Gasteiger charge is -2.19. The fourth-order valence-electron chi connectivity index (χ4n) is 2.76. The molecule has 0 saturated carbocycles. The monoisotopic (exact) mass is 357 g/mol. The molecule has 6 heteroatoms. The van der Waals surface area contributed by atoms with E-state index in [-0.39, 0.29) is 12.5 Å². The number of benzene rings is 1. The smallest absolute Gasteiger partial charge is 0.262 e. The van der Waals surface area contributed by atoms with Crippen LogP contribution < -0.4 is 10.9 Å². The number of carbonyl (C=O) groups excluding carboxylic acids is 3. The van der Waals surface area contributed by atoms with Crippen LogP contribution in [0.1, 0.15) is 56.6 Å². The lowest BCUT2D eigenvalue weighted by Crippen LogP contribution is -2.47. The van der Waals surface area contributed by atoms with Crippen molar-refractivity contribution in [2.24, 2.45) is 0 Å². The minimum absolute atomic E-state index is 0.00582. The van der Waals surface area contributed by atoms with E-state index in [1.807, 2.05) is 24.3 Å². The second-order valence-electron chi connectivity index (χ2n) is 6.82. The molecule has 0 aromatic heterocycles. The summed E-state index contributed by atoms with van der Waals surface area (Å²) in [7, 11) is 0. The van der Waals surface area contributed by atoms with E-state index in [1.165, 1.54) is 11.6 Å². The van der Waals surface area contributed by atoms with Gasteiger partial charge in [0.25, 0.3) is 11.8 Å². The lowest BCUT2D eigenvalue weighted by molar-refractivity contribution is -0.136. The van der Waals surface area contributed by atoms with Crippen molar-refractivity contribution in [3.63, 3.8) is 0 Å². The fourth-order valence-corrected chi connectivity index (χ4v) is 2.76. The number of hydrazine groups is 1. The molecule has 1 heterocycles. The Morgan fingerprint density at radius 1 is 1.12 bits per heavy atom. The Kier molecular flexibility index (Phi) is 7.38. The van der Waals surface area contributed by atoms with Crippen LogP contribution in [0.25, 0.3) is 6.08 Å². The number of amides is 3. The van der Waals surface area contributed by atoms with Crippen LogP contribution >= 0.6 is 0 Å². The molecule has 26 heavy (non-hydrogen) atoms. The maximum Gasteiger partial charge on any atom is 0.262 e. The SMILES string of the molecule is CC(C)c1ccc(/C=C/C(=O)NNC(=O)CN2CCCCCC2=O)cc1. The highest BCUT2D eigenvalue weighted by molar-refractivity contribution is 5.93. The van der Waals surface area contributed by atoms with Crippen molar-refractivity contribution in [2.45, 2.75) is 45.4 Å². The van der Waals surface area contributed by atoms with Crippen molar-refractivity contribution in [3.05, 3.63) is 41.5 Å². The highest BCUT2D eigenvalue weighted by Gasteiger charge is 2.19. The molecule has 0 bridgehead atoms. The van der Waals surface area contributed by atoms with Gasteiger partial charge in [-0.2, -0.15) is 0 Å². The van der Waals surface area contributed by atoms with Gasteiger partial charge >= 0.3 is 0 Å². The van der Waals surface area contributed by atoms with Gasteiger partial charge in [-0.15, -0.1) is 0 Å². The maximum atomic E-state index is 11.9. The standard InChI is InChI=1S/C20H27N3O3/c1-15(2)17-10-7-16(8-11-17)9-12-18(24)21-22-19(25)14-23-13-5-3-4-6-20(23)26/h7-12,15H,3-6,13-14H2,1-2H3,(H,21,24)(H,22,25)/b12-9+. The molecule has 1 aliphatic heterocycles. The fraction of sp³-hybridized carbons (Fsp3) is 0.450. The molecule has 0 aliphatic carbocycles. The van der Waals surface area contributed by atoms with Crippen molar-refractivity contribution in [2.75, 3.05) is 13.1 Å². The van der Waals surface area contributed by atoms with E-state index in [0.29, 0.717) is 18.9 Å². The number of nitrogens with zero attached hydrogens (tertiary/aromatic N) is 1. The van der Waals surface area contributed by atoms with Crippen LogP contribution in [0.4, 0.5) is 0 Å². The third-order valence-corrected chi connectivity index (χ3v) is 4.36. The maximum absolute atomic E-state index is 11.9. The molecule has 3 amide bonds. The summed E-state index contributed by atoms with van der Waals surface area (Å²) in [5.41, 5.74) is 6.83. The molecule has 1 aromatic rings. The minimum Gasteiger partial charge on any atom is -0.333 e. The van der Waals surface area contributed by atoms with Crippen LogP contribution in [0.2, 0.25) is 0 Å². The minimum atomic E-state index is -0.423. The first-order valence-corrected chi connectivity index (χ1v) is 9.10. The highest BCUT2D eigenvalue weighted by atomic mass is 16.2. The Hall–Kier alpha value is -2.63. The molecule has 1 saturated heterocycles. The van der Waals surface area contributed by atoms with Gasteiger partial charge in [-0.3, -0.25) is 25.2 Å². The Bertz CT molecular complexity index is 665. The normalized spacial score (nSPS) is 15.2. The van der Waals surface area contributed by atoms with Gasteiger partial charge in [0, 0.05) is 19.0 Å². The molecule has 0 unspecified atom stereocenters. The summed E-state index contributed by atoms with van der Waals surface area (Å²) < 4.78 is 0. The average Bonchev–Trinajstić information content (AvgIpc) is 2.83. The second-order valence-corrected chi connectivity index (χ2v) is 6.82. The Morgan fingerprint density at radius 2 is 1.85 bits per heavy atom. The van der Waals surface area contributed by atoms with Gasteiger partial charge in [-0.1, -0.05) is 44.5 Å². The molecule has 1 aromatic carbocycles. The molecular weight excluding hydrogens is 330 g/mol. The summed E-state index contributed by atoms with van der Waals surface area (Å²) in [5.74, 6) is -0.367. The molecule has 1 fully saturated rings. The van der Waals surface area contributed by atoms with Gasteiger partial charge in [-0.25, -0.2) is 0 Å². The third kappa shape index (κ3) is 6.35. The predicted octanol–water partition coefficient (Wildman–Crippen LogP) is 2.37. The van der Waals surface area contributed by atoms with E-state index >= 15 is 0 Å². The number of likely N-dealkylation sites (tertiary alicyclic amines) is 1. The van der Waals surface area contributed by atoms with Gasteiger partial charge < -0.3 is 4.90 Å². The molecular formula is C20H27N3O3. The Labute approximate surface area is 154 Å². The second kappa shape index (κ2) is 9.75. The Morgan fingerprint density at radius 3 is 2.54 bits per heavy atom. The van der Waals surface area contributed by atoms with Crippen LogP contribution in [0.15, 0.2) is 30.3 Å². The summed E-state index contributed by atoms with van der Waals surface area (Å²) >= 11 is 0.